The molecule has 5 N–H and O–H groups in total. The molecule has 0 spiro atoms. The number of carbonyl (C=O) groups excluding carboxylic acids is 4. The van der Waals surface area contributed by atoms with Crippen LogP contribution in [-0.2, 0) is 45.0 Å². The predicted molar refractivity (Wildman–Crippen MR) is 288 cm³/mol. The lowest BCUT2D eigenvalue weighted by atomic mass is 9.93. The number of hydrogen-bond donors (Lipinski definition) is 4. The lowest BCUT2D eigenvalue weighted by molar-refractivity contribution is -0.116. The molecule has 10 rings (SSSR count). The van der Waals surface area contributed by atoms with Gasteiger partial charge in [-0.2, -0.15) is 0 Å². The molecule has 0 radical (unpaired) electrons. The van der Waals surface area contributed by atoms with Gasteiger partial charge in [-0.25, -0.2) is 19.6 Å². The average Bonchev–Trinajstić information content (AvgIpc) is 4.07. The fraction of sp³-hybridized carbons (Fsp3) is 0.490. The van der Waals surface area contributed by atoms with Gasteiger partial charge < -0.3 is 41.0 Å². The van der Waals surface area contributed by atoms with Crippen LogP contribution in [0.3, 0.4) is 0 Å². The fourth-order valence-electron chi connectivity index (χ4n) is 7.97. The zero-order valence-electron chi connectivity index (χ0n) is 40.6. The van der Waals surface area contributed by atoms with Crippen LogP contribution < -0.4 is 21.7 Å². The summed E-state index contributed by atoms with van der Waals surface area (Å²) in [7, 11) is 0. The number of nitrogens with zero attached hydrogens (tertiary/aromatic N) is 6. The molecular formula is C51H66N10O6S4. The molecule has 0 aromatic carbocycles. The lowest BCUT2D eigenvalue weighted by Gasteiger charge is -2.30. The third-order valence-corrected chi connectivity index (χ3v) is 16.3. The third kappa shape index (κ3) is 13.6. The van der Waals surface area contributed by atoms with Crippen molar-refractivity contribution >= 4 is 99.8 Å². The number of anilines is 2. The molecule has 6 aromatic heterocycles. The number of aromatic nitrogens is 4. The van der Waals surface area contributed by atoms with E-state index in [4.69, 9.17) is 25.2 Å². The molecular weight excluding hydrogens is 977 g/mol. The quantitative estimate of drug-likeness (QED) is 0.0998. The van der Waals surface area contributed by atoms with E-state index in [0.29, 0.717) is 64.1 Å². The first-order valence-electron chi connectivity index (χ1n) is 23.8. The standard InChI is InChI=1S/C25H31N5O3S2.C21H22N4O3S2.C4H9N.CH4/c1-25(2,3)33-24(32)30-12-9-16-19(14-30)35-23(29-20(31)8-11-27-15-5-4-6-15)21(16)22-28-17-13-26-10-7-18(17)34-22;1-5-16(26)24-19-17(18-23-13-10-22-8-6-14(13)29-18)12-7-9-25(11-15(12)30-19)20(27)28-21(2,3)4;5-4-2-1-3-4;/h7,10,13,15,27H,4-6,8-9,11-12,14H2,1-3H3,(H,29,31);5-6,8,10H,1,7,9,11H2,2-4H3,(H,24,26);4H,1-3,5H2;1H4. The van der Waals surface area contributed by atoms with Gasteiger partial charge in [-0.15, -0.1) is 45.3 Å². The van der Waals surface area contributed by atoms with Crippen molar-refractivity contribution in [2.75, 3.05) is 30.3 Å². The van der Waals surface area contributed by atoms with Crippen molar-refractivity contribution < 1.29 is 28.7 Å². The topological polar surface area (TPSA) is 207 Å². The second-order valence-corrected chi connectivity index (χ2v) is 24.0. The second-order valence-electron chi connectivity index (χ2n) is 19.7. The van der Waals surface area contributed by atoms with E-state index in [-0.39, 0.29) is 31.4 Å². The van der Waals surface area contributed by atoms with Gasteiger partial charge in [0.1, 0.15) is 42.3 Å². The van der Waals surface area contributed by atoms with Gasteiger partial charge >= 0.3 is 12.2 Å². The van der Waals surface area contributed by atoms with Gasteiger partial charge in [0.15, 0.2) is 0 Å². The SMILES string of the molecule is C.C=CC(=O)Nc1sc2c(c1-c1nc3cnccc3s1)CCN(C(=O)OC(C)(C)C)C2.CC(C)(C)OC(=O)N1CCc2c(sc(NC(=O)CCNC3CCC3)c2-c2nc3cnccc3s2)C1.NC1CCC1. The van der Waals surface area contributed by atoms with Crippen LogP contribution in [0.5, 0.6) is 0 Å². The van der Waals surface area contributed by atoms with Crippen molar-refractivity contribution in [2.24, 2.45) is 5.73 Å². The van der Waals surface area contributed by atoms with E-state index in [1.165, 1.54) is 67.3 Å². The highest BCUT2D eigenvalue weighted by Crippen LogP contribution is 2.47. The summed E-state index contributed by atoms with van der Waals surface area (Å²) in [5.41, 5.74) is 10.1. The van der Waals surface area contributed by atoms with E-state index in [0.717, 1.165) is 72.5 Å². The van der Waals surface area contributed by atoms with E-state index in [1.807, 2.05) is 53.7 Å². The van der Waals surface area contributed by atoms with Crippen LogP contribution in [0, 0.1) is 0 Å². The number of carbonyl (C=O) groups is 4. The molecule has 0 saturated heterocycles. The predicted octanol–water partition coefficient (Wildman–Crippen LogP) is 11.2. The molecule has 71 heavy (non-hydrogen) atoms. The molecule has 6 aromatic rings. The van der Waals surface area contributed by atoms with E-state index in [9.17, 15) is 19.2 Å². The third-order valence-electron chi connectivity index (χ3n) is 11.9. The summed E-state index contributed by atoms with van der Waals surface area (Å²) in [6.45, 7) is 17.4. The molecule has 4 amide bonds. The molecule has 0 bridgehead atoms. The van der Waals surface area contributed by atoms with Crippen LogP contribution in [-0.4, -0.2) is 96.7 Å². The Labute approximate surface area is 431 Å². The number of fused-ring (bicyclic) bond motifs is 4. The van der Waals surface area contributed by atoms with Crippen LogP contribution in [0.15, 0.2) is 49.6 Å². The van der Waals surface area contributed by atoms with Gasteiger partial charge in [0.2, 0.25) is 11.8 Å². The molecule has 2 aliphatic carbocycles. The number of hydrogen-bond acceptors (Lipinski definition) is 16. The van der Waals surface area contributed by atoms with Gasteiger partial charge in [0, 0.05) is 71.4 Å². The Morgan fingerprint density at radius 3 is 1.61 bits per heavy atom. The summed E-state index contributed by atoms with van der Waals surface area (Å²) in [5, 5.41) is 12.8. The zero-order valence-corrected chi connectivity index (χ0v) is 43.9. The summed E-state index contributed by atoms with van der Waals surface area (Å²) in [6.07, 6.45) is 17.0. The molecule has 2 saturated carbocycles. The van der Waals surface area contributed by atoms with Crippen LogP contribution in [0.4, 0.5) is 19.6 Å². The molecule has 2 fully saturated rings. The lowest BCUT2D eigenvalue weighted by Crippen LogP contribution is -2.39. The number of thiophene rings is 2. The number of nitrogens with two attached hydrogens (primary N) is 1. The van der Waals surface area contributed by atoms with Gasteiger partial charge in [0.25, 0.3) is 0 Å². The van der Waals surface area contributed by atoms with E-state index < -0.39 is 11.2 Å². The summed E-state index contributed by atoms with van der Waals surface area (Å²) in [6, 6.07) is 5.02. The van der Waals surface area contributed by atoms with Crippen molar-refractivity contribution in [1.82, 2.24) is 35.1 Å². The van der Waals surface area contributed by atoms with Crippen molar-refractivity contribution in [3.63, 3.8) is 0 Å². The minimum Gasteiger partial charge on any atom is -0.444 e. The largest absolute Gasteiger partial charge is 0.444 e. The zero-order chi connectivity index (χ0) is 49.7. The first-order chi connectivity index (χ1) is 33.4. The smallest absolute Gasteiger partial charge is 0.410 e. The van der Waals surface area contributed by atoms with Crippen LogP contribution in [0.25, 0.3) is 41.6 Å². The fourth-order valence-corrected chi connectivity index (χ4v) is 12.7. The van der Waals surface area contributed by atoms with Crippen LogP contribution in [0.1, 0.15) is 115 Å². The van der Waals surface area contributed by atoms with Gasteiger partial charge in [-0.1, -0.05) is 26.8 Å². The summed E-state index contributed by atoms with van der Waals surface area (Å²) < 4.78 is 13.2. The van der Waals surface area contributed by atoms with E-state index >= 15 is 0 Å². The van der Waals surface area contributed by atoms with Crippen LogP contribution in [0.2, 0.25) is 0 Å². The van der Waals surface area contributed by atoms with Crippen molar-refractivity contribution in [2.45, 2.75) is 143 Å². The number of pyridine rings is 2. The number of rotatable bonds is 9. The molecule has 8 heterocycles. The highest BCUT2D eigenvalue weighted by atomic mass is 32.1. The summed E-state index contributed by atoms with van der Waals surface area (Å²) >= 11 is 6.18. The molecule has 4 aliphatic rings. The van der Waals surface area contributed by atoms with Crippen molar-refractivity contribution in [1.29, 1.82) is 0 Å². The van der Waals surface area contributed by atoms with Crippen molar-refractivity contribution in [3.8, 4) is 21.1 Å². The second kappa shape index (κ2) is 23.0. The number of nitrogens with one attached hydrogen (secondary N) is 3. The number of ether oxygens (including phenoxy) is 2. The van der Waals surface area contributed by atoms with Crippen LogP contribution >= 0.6 is 45.3 Å². The minimum absolute atomic E-state index is 0. The number of amides is 4. The molecule has 16 nitrogen and oxygen atoms in total. The maximum absolute atomic E-state index is 12.8. The Balaban J connectivity index is 0.000000189. The summed E-state index contributed by atoms with van der Waals surface area (Å²) in [4.78, 5) is 73.6. The van der Waals surface area contributed by atoms with E-state index in [2.05, 4.69) is 32.5 Å². The van der Waals surface area contributed by atoms with Gasteiger partial charge in [-0.3, -0.25) is 19.6 Å². The molecule has 20 heteroatoms. The Morgan fingerprint density at radius 1 is 0.746 bits per heavy atom. The Hall–Kier alpha value is -5.38. The van der Waals surface area contributed by atoms with E-state index in [1.54, 1.807) is 57.3 Å². The number of thiazole rings is 2. The average molecular weight is 1040 g/mol. The highest BCUT2D eigenvalue weighted by Gasteiger charge is 2.33. The first-order valence-corrected chi connectivity index (χ1v) is 27.1. The first kappa shape index (κ1) is 53.4. The molecule has 0 atom stereocenters. The monoisotopic (exact) mass is 1040 g/mol. The molecule has 380 valence electrons. The molecule has 0 unspecified atom stereocenters. The maximum atomic E-state index is 12.8. The van der Waals surface area contributed by atoms with Gasteiger partial charge in [-0.05, 0) is 109 Å². The molecule has 2 aliphatic heterocycles. The minimum atomic E-state index is -0.546. The highest BCUT2D eigenvalue weighted by molar-refractivity contribution is 7.23. The maximum Gasteiger partial charge on any atom is 0.410 e. The normalized spacial score (nSPS) is 15.6. The Bertz CT molecular complexity index is 2800. The summed E-state index contributed by atoms with van der Waals surface area (Å²) in [5.74, 6) is -0.287. The Morgan fingerprint density at radius 2 is 1.21 bits per heavy atom. The van der Waals surface area contributed by atoms with Gasteiger partial charge in [0.05, 0.1) is 34.9 Å². The van der Waals surface area contributed by atoms with Crippen molar-refractivity contribution in [3.05, 3.63) is 70.5 Å². The Kier molecular flexibility index (Phi) is 17.3.